The molecule has 4 nitrogen and oxygen atoms in total. The minimum atomic E-state index is -0.339. The third kappa shape index (κ3) is 7.34. The van der Waals surface area contributed by atoms with Gasteiger partial charge in [-0.05, 0) is 13.3 Å². The van der Waals surface area contributed by atoms with Gasteiger partial charge in [0.2, 0.25) is 0 Å². The summed E-state index contributed by atoms with van der Waals surface area (Å²) in [6.45, 7) is 1.31. The van der Waals surface area contributed by atoms with E-state index < -0.39 is 0 Å². The first-order chi connectivity index (χ1) is 6.56. The highest BCUT2D eigenvalue weighted by Crippen LogP contribution is 2.00. The van der Waals surface area contributed by atoms with Gasteiger partial charge in [0, 0.05) is 12.8 Å². The molecule has 0 saturated heterocycles. The van der Waals surface area contributed by atoms with Crippen molar-refractivity contribution < 1.29 is 19.2 Å². The van der Waals surface area contributed by atoms with Gasteiger partial charge in [0.1, 0.15) is 23.6 Å². The number of unbranched alkanes of at least 4 members (excludes halogenated alkanes) is 1. The summed E-state index contributed by atoms with van der Waals surface area (Å²) < 4.78 is 0. The topological polar surface area (TPSA) is 68.3 Å². The molecule has 14 heavy (non-hydrogen) atoms. The molecule has 78 valence electrons. The van der Waals surface area contributed by atoms with Gasteiger partial charge in [0.05, 0.1) is 12.8 Å². The van der Waals surface area contributed by atoms with Gasteiger partial charge in [-0.15, -0.1) is 0 Å². The minimum Gasteiger partial charge on any atom is -0.303 e. The second-order valence-electron chi connectivity index (χ2n) is 3.19. The van der Waals surface area contributed by atoms with Crippen LogP contribution in [0.15, 0.2) is 0 Å². The standard InChI is InChI=1S/C10H14O4/c1-8(12)6-10(14)7-9(13)4-2-3-5-11/h5H,2-4,6-7H2,1H3. The van der Waals surface area contributed by atoms with Crippen LogP contribution in [-0.4, -0.2) is 23.6 Å². The molecule has 0 amide bonds. The van der Waals surface area contributed by atoms with Crippen LogP contribution in [0.1, 0.15) is 39.0 Å². The molecule has 0 atom stereocenters. The van der Waals surface area contributed by atoms with Crippen LogP contribution < -0.4 is 0 Å². The van der Waals surface area contributed by atoms with Crippen molar-refractivity contribution in [2.24, 2.45) is 0 Å². The molecule has 0 spiro atoms. The summed E-state index contributed by atoms with van der Waals surface area (Å²) in [5.74, 6) is -0.762. The van der Waals surface area contributed by atoms with Crippen molar-refractivity contribution in [1.29, 1.82) is 0 Å². The number of rotatable bonds is 8. The number of carbonyl (C=O) groups excluding carboxylic acids is 4. The molecule has 0 aliphatic rings. The van der Waals surface area contributed by atoms with Crippen molar-refractivity contribution in [2.45, 2.75) is 39.0 Å². The Morgan fingerprint density at radius 3 is 2.21 bits per heavy atom. The van der Waals surface area contributed by atoms with Gasteiger partial charge in [0.25, 0.3) is 0 Å². The Bertz CT molecular complexity index is 243. The first-order valence-corrected chi connectivity index (χ1v) is 4.52. The Hall–Kier alpha value is -1.32. The zero-order valence-electron chi connectivity index (χ0n) is 8.25. The predicted octanol–water partition coefficient (Wildman–Crippen LogP) is 0.863. The normalized spacial score (nSPS) is 9.50. The number of hydrogen-bond acceptors (Lipinski definition) is 4. The Labute approximate surface area is 82.7 Å². The minimum absolute atomic E-state index is 0.167. The lowest BCUT2D eigenvalue weighted by Crippen LogP contribution is -2.10. The summed E-state index contributed by atoms with van der Waals surface area (Å²) in [4.78, 5) is 42.5. The maximum atomic E-state index is 11.1. The van der Waals surface area contributed by atoms with Crippen molar-refractivity contribution in [2.75, 3.05) is 0 Å². The Balaban J connectivity index is 3.65. The van der Waals surface area contributed by atoms with Gasteiger partial charge in [-0.2, -0.15) is 0 Å². The van der Waals surface area contributed by atoms with Crippen LogP contribution in [0, 0.1) is 0 Å². The number of hydrogen-bond donors (Lipinski definition) is 0. The van der Waals surface area contributed by atoms with Crippen LogP contribution in [0.25, 0.3) is 0 Å². The van der Waals surface area contributed by atoms with E-state index in [4.69, 9.17) is 0 Å². The monoisotopic (exact) mass is 198 g/mol. The van der Waals surface area contributed by atoms with Crippen LogP contribution >= 0.6 is 0 Å². The van der Waals surface area contributed by atoms with Crippen LogP contribution in [-0.2, 0) is 19.2 Å². The van der Waals surface area contributed by atoms with E-state index in [2.05, 4.69) is 0 Å². The van der Waals surface area contributed by atoms with Crippen molar-refractivity contribution in [3.05, 3.63) is 0 Å². The number of ketones is 3. The van der Waals surface area contributed by atoms with E-state index in [1.54, 1.807) is 0 Å². The largest absolute Gasteiger partial charge is 0.303 e. The fourth-order valence-electron chi connectivity index (χ4n) is 1.03. The summed E-state index contributed by atoms with van der Waals surface area (Å²) in [7, 11) is 0. The van der Waals surface area contributed by atoms with E-state index in [1.165, 1.54) is 6.92 Å². The van der Waals surface area contributed by atoms with Gasteiger partial charge in [-0.25, -0.2) is 0 Å². The molecule has 0 aromatic rings. The molecular formula is C10H14O4. The molecule has 0 rings (SSSR count). The van der Waals surface area contributed by atoms with E-state index in [9.17, 15) is 19.2 Å². The molecule has 0 aromatic heterocycles. The third-order valence-electron chi connectivity index (χ3n) is 1.62. The maximum Gasteiger partial charge on any atom is 0.147 e. The molecule has 0 N–H and O–H groups in total. The quantitative estimate of drug-likeness (QED) is 0.329. The van der Waals surface area contributed by atoms with Crippen LogP contribution in [0.5, 0.6) is 0 Å². The summed E-state index contributed by atoms with van der Waals surface area (Å²) in [5, 5.41) is 0. The van der Waals surface area contributed by atoms with Crippen LogP contribution in [0.2, 0.25) is 0 Å². The fourth-order valence-corrected chi connectivity index (χ4v) is 1.03. The first kappa shape index (κ1) is 12.7. The first-order valence-electron chi connectivity index (χ1n) is 4.52. The number of aldehydes is 1. The number of carbonyl (C=O) groups is 4. The van der Waals surface area contributed by atoms with Gasteiger partial charge in [-0.1, -0.05) is 0 Å². The summed E-state index contributed by atoms with van der Waals surface area (Å²) in [5.41, 5.74) is 0. The van der Waals surface area contributed by atoms with Crippen molar-refractivity contribution in [3.63, 3.8) is 0 Å². The predicted molar refractivity (Wildman–Crippen MR) is 49.8 cm³/mol. The fraction of sp³-hybridized carbons (Fsp3) is 0.600. The summed E-state index contributed by atoms with van der Waals surface area (Å²) in [6.07, 6.45) is 1.45. The molecule has 0 unspecified atom stereocenters. The van der Waals surface area contributed by atoms with Gasteiger partial charge >= 0.3 is 0 Å². The molecule has 0 bridgehead atoms. The second-order valence-corrected chi connectivity index (χ2v) is 3.19. The zero-order valence-corrected chi connectivity index (χ0v) is 8.25. The molecule has 0 saturated carbocycles. The van der Waals surface area contributed by atoms with E-state index in [-0.39, 0.29) is 36.6 Å². The Morgan fingerprint density at radius 1 is 1.07 bits per heavy atom. The van der Waals surface area contributed by atoms with Gasteiger partial charge in [0.15, 0.2) is 0 Å². The lowest BCUT2D eigenvalue weighted by Gasteiger charge is -1.97. The number of Topliss-reactive ketones (excluding diaryl/α,β-unsaturated/α-hetero) is 3. The van der Waals surface area contributed by atoms with E-state index in [0.717, 1.165) is 6.29 Å². The molecule has 0 aliphatic heterocycles. The zero-order chi connectivity index (χ0) is 11.0. The third-order valence-corrected chi connectivity index (χ3v) is 1.62. The summed E-state index contributed by atoms with van der Waals surface area (Å²) in [6, 6.07) is 0. The van der Waals surface area contributed by atoms with Gasteiger partial charge < -0.3 is 4.79 Å². The SMILES string of the molecule is CC(=O)CC(=O)CC(=O)CCCC=O. The highest BCUT2D eigenvalue weighted by molar-refractivity contribution is 6.06. The van der Waals surface area contributed by atoms with Crippen LogP contribution in [0.4, 0.5) is 0 Å². The van der Waals surface area contributed by atoms with Crippen molar-refractivity contribution >= 4 is 23.6 Å². The lowest BCUT2D eigenvalue weighted by molar-refractivity contribution is -0.129. The maximum absolute atomic E-state index is 11.1. The molecule has 0 aliphatic carbocycles. The average molecular weight is 198 g/mol. The second kappa shape index (κ2) is 7.12. The molecule has 0 heterocycles. The highest BCUT2D eigenvalue weighted by atomic mass is 16.2. The summed E-state index contributed by atoms with van der Waals surface area (Å²) >= 11 is 0. The Kier molecular flexibility index (Phi) is 6.45. The Morgan fingerprint density at radius 2 is 1.71 bits per heavy atom. The molecule has 0 radical (unpaired) electrons. The van der Waals surface area contributed by atoms with E-state index in [1.807, 2.05) is 0 Å². The van der Waals surface area contributed by atoms with E-state index >= 15 is 0 Å². The van der Waals surface area contributed by atoms with Gasteiger partial charge in [-0.3, -0.25) is 14.4 Å². The van der Waals surface area contributed by atoms with Crippen LogP contribution in [0.3, 0.4) is 0 Å². The molecular weight excluding hydrogens is 184 g/mol. The van der Waals surface area contributed by atoms with Crippen molar-refractivity contribution in [3.8, 4) is 0 Å². The van der Waals surface area contributed by atoms with Crippen molar-refractivity contribution in [1.82, 2.24) is 0 Å². The molecule has 0 fully saturated rings. The average Bonchev–Trinajstić information content (AvgIpc) is 2.02. The molecule has 0 aromatic carbocycles. The smallest absolute Gasteiger partial charge is 0.147 e. The highest BCUT2D eigenvalue weighted by Gasteiger charge is 2.10. The van der Waals surface area contributed by atoms with E-state index in [0.29, 0.717) is 12.8 Å². The lowest BCUT2D eigenvalue weighted by atomic mass is 10.1. The molecule has 4 heteroatoms.